The molecule has 1 heterocycles. The molecule has 4 rings (SSSR count). The van der Waals surface area contributed by atoms with E-state index >= 15 is 0 Å². The number of rotatable bonds is 5. The van der Waals surface area contributed by atoms with Crippen LogP contribution in [-0.4, -0.2) is 15.8 Å². The molecular formula is C25H28N4O. The van der Waals surface area contributed by atoms with E-state index in [1.54, 1.807) is 0 Å². The number of nitrogens with one attached hydrogen (secondary N) is 2. The number of aryl methyl sites for hydroxylation is 2. The monoisotopic (exact) mass is 400 g/mol. The number of ketones is 1. The van der Waals surface area contributed by atoms with E-state index in [1.165, 1.54) is 11.1 Å². The fourth-order valence-electron chi connectivity index (χ4n) is 3.96. The van der Waals surface area contributed by atoms with E-state index in [-0.39, 0.29) is 11.2 Å². The zero-order chi connectivity index (χ0) is 21.3. The van der Waals surface area contributed by atoms with Crippen LogP contribution >= 0.6 is 0 Å². The molecule has 3 aromatic rings. The van der Waals surface area contributed by atoms with Gasteiger partial charge in [0.1, 0.15) is 5.82 Å². The van der Waals surface area contributed by atoms with Gasteiger partial charge < -0.3 is 10.6 Å². The molecule has 5 heteroatoms. The molecule has 2 aromatic carbocycles. The quantitative estimate of drug-likeness (QED) is 0.551. The van der Waals surface area contributed by atoms with Crippen molar-refractivity contribution in [1.29, 1.82) is 0 Å². The Hall–Kier alpha value is -3.21. The Morgan fingerprint density at radius 2 is 1.70 bits per heavy atom. The van der Waals surface area contributed by atoms with Gasteiger partial charge in [0, 0.05) is 17.8 Å². The second kappa shape index (κ2) is 7.90. The number of carbonyl (C=O) groups is 1. The normalized spacial score (nSPS) is 14.9. The molecule has 0 aliphatic heterocycles. The van der Waals surface area contributed by atoms with Gasteiger partial charge in [0.25, 0.3) is 0 Å². The van der Waals surface area contributed by atoms with Crippen molar-refractivity contribution in [3.63, 3.8) is 0 Å². The molecule has 30 heavy (non-hydrogen) atoms. The number of anilines is 4. The molecule has 0 fully saturated rings. The maximum Gasteiger partial charge on any atom is 0.229 e. The van der Waals surface area contributed by atoms with Crippen LogP contribution in [0.1, 0.15) is 54.4 Å². The van der Waals surface area contributed by atoms with E-state index in [2.05, 4.69) is 44.4 Å². The molecule has 0 radical (unpaired) electrons. The minimum absolute atomic E-state index is 0.0969. The summed E-state index contributed by atoms with van der Waals surface area (Å²) < 4.78 is 0. The van der Waals surface area contributed by atoms with E-state index in [9.17, 15) is 4.79 Å². The summed E-state index contributed by atoms with van der Waals surface area (Å²) in [5.74, 6) is 1.18. The van der Waals surface area contributed by atoms with Crippen LogP contribution in [0.25, 0.3) is 0 Å². The van der Waals surface area contributed by atoms with Gasteiger partial charge in [0.05, 0.1) is 11.3 Å². The lowest BCUT2D eigenvalue weighted by molar-refractivity contribution is 0.0911. The summed E-state index contributed by atoms with van der Waals surface area (Å²) >= 11 is 0. The van der Waals surface area contributed by atoms with Gasteiger partial charge in [0.15, 0.2) is 5.78 Å². The van der Waals surface area contributed by atoms with Crippen LogP contribution in [0.2, 0.25) is 0 Å². The molecule has 0 unspecified atom stereocenters. The Balaban J connectivity index is 1.78. The third kappa shape index (κ3) is 4.20. The average Bonchev–Trinajstić information content (AvgIpc) is 2.68. The maximum atomic E-state index is 13.0. The standard InChI is InChI=1S/C25H28N4O/c1-5-17-8-6-7-9-19(17)27-23-22-20(14-25(3,4)15-21(22)30)28-24(29-23)26-18-12-10-16(2)11-13-18/h6-13H,5,14-15H2,1-4H3,(H2,26,27,28,29). The first-order valence-corrected chi connectivity index (χ1v) is 10.5. The number of nitrogens with zero attached hydrogens (tertiary/aromatic N) is 2. The molecule has 0 spiro atoms. The second-order valence-corrected chi connectivity index (χ2v) is 8.79. The van der Waals surface area contributed by atoms with Crippen molar-refractivity contribution in [2.75, 3.05) is 10.6 Å². The van der Waals surface area contributed by atoms with E-state index in [0.29, 0.717) is 23.8 Å². The Morgan fingerprint density at radius 1 is 0.967 bits per heavy atom. The van der Waals surface area contributed by atoms with E-state index in [1.807, 2.05) is 42.5 Å². The van der Waals surface area contributed by atoms with Gasteiger partial charge in [-0.25, -0.2) is 4.98 Å². The molecule has 154 valence electrons. The first-order valence-electron chi connectivity index (χ1n) is 10.5. The topological polar surface area (TPSA) is 66.9 Å². The Bertz CT molecular complexity index is 1090. The summed E-state index contributed by atoms with van der Waals surface area (Å²) in [4.78, 5) is 22.5. The number of carbonyl (C=O) groups excluding carboxylic acids is 1. The highest BCUT2D eigenvalue weighted by atomic mass is 16.1. The zero-order valence-electron chi connectivity index (χ0n) is 18.0. The predicted octanol–water partition coefficient (Wildman–Crippen LogP) is 5.99. The van der Waals surface area contributed by atoms with Crippen LogP contribution in [0.15, 0.2) is 48.5 Å². The van der Waals surface area contributed by atoms with Crippen molar-refractivity contribution >= 4 is 28.9 Å². The van der Waals surface area contributed by atoms with Crippen molar-refractivity contribution in [2.24, 2.45) is 5.41 Å². The Labute approximate surface area is 178 Å². The fourth-order valence-corrected chi connectivity index (χ4v) is 3.96. The molecule has 0 bridgehead atoms. The predicted molar refractivity (Wildman–Crippen MR) is 122 cm³/mol. The molecule has 1 aliphatic rings. The van der Waals surface area contributed by atoms with Crippen molar-refractivity contribution in [2.45, 2.75) is 47.0 Å². The highest BCUT2D eigenvalue weighted by molar-refractivity contribution is 6.03. The molecule has 1 aromatic heterocycles. The summed E-state index contributed by atoms with van der Waals surface area (Å²) in [7, 11) is 0. The minimum Gasteiger partial charge on any atom is -0.339 e. The largest absolute Gasteiger partial charge is 0.339 e. The van der Waals surface area contributed by atoms with Crippen LogP contribution in [0, 0.1) is 12.3 Å². The number of Topliss-reactive ketones (excluding diaryl/α,β-unsaturated/α-hetero) is 1. The lowest BCUT2D eigenvalue weighted by Gasteiger charge is -2.30. The van der Waals surface area contributed by atoms with Gasteiger partial charge in [-0.05, 0) is 48.9 Å². The van der Waals surface area contributed by atoms with Gasteiger partial charge in [-0.1, -0.05) is 56.7 Å². The first kappa shape index (κ1) is 20.1. The van der Waals surface area contributed by atoms with E-state index in [0.717, 1.165) is 29.9 Å². The molecule has 0 atom stereocenters. The Kier molecular flexibility index (Phi) is 5.29. The van der Waals surface area contributed by atoms with Gasteiger partial charge in [-0.2, -0.15) is 4.98 Å². The van der Waals surface area contributed by atoms with Crippen molar-refractivity contribution < 1.29 is 4.79 Å². The highest BCUT2D eigenvalue weighted by Gasteiger charge is 2.35. The third-order valence-corrected chi connectivity index (χ3v) is 5.51. The number of benzene rings is 2. The SMILES string of the molecule is CCc1ccccc1Nc1nc(Nc2ccc(C)cc2)nc2c1C(=O)CC(C)(C)C2. The molecule has 1 aliphatic carbocycles. The van der Waals surface area contributed by atoms with Crippen LogP contribution in [0.4, 0.5) is 23.1 Å². The summed E-state index contributed by atoms with van der Waals surface area (Å²) in [6, 6.07) is 16.2. The van der Waals surface area contributed by atoms with Crippen LogP contribution in [-0.2, 0) is 12.8 Å². The molecule has 0 saturated carbocycles. The van der Waals surface area contributed by atoms with Crippen molar-refractivity contribution in [3.05, 3.63) is 70.9 Å². The second-order valence-electron chi connectivity index (χ2n) is 8.79. The summed E-state index contributed by atoms with van der Waals surface area (Å²) in [6.45, 7) is 8.40. The van der Waals surface area contributed by atoms with Gasteiger partial charge >= 0.3 is 0 Å². The fraction of sp³-hybridized carbons (Fsp3) is 0.320. The van der Waals surface area contributed by atoms with Crippen LogP contribution in [0.3, 0.4) is 0 Å². The minimum atomic E-state index is -0.113. The van der Waals surface area contributed by atoms with Gasteiger partial charge in [0.2, 0.25) is 5.95 Å². The number of hydrogen-bond acceptors (Lipinski definition) is 5. The molecule has 5 nitrogen and oxygen atoms in total. The van der Waals surface area contributed by atoms with Crippen molar-refractivity contribution in [3.8, 4) is 0 Å². The van der Waals surface area contributed by atoms with Crippen LogP contribution in [0.5, 0.6) is 0 Å². The summed E-state index contributed by atoms with van der Waals surface area (Å²) in [6.07, 6.45) is 2.13. The average molecular weight is 401 g/mol. The molecule has 0 saturated heterocycles. The molecule has 2 N–H and O–H groups in total. The lowest BCUT2D eigenvalue weighted by Crippen LogP contribution is -2.29. The third-order valence-electron chi connectivity index (χ3n) is 5.51. The smallest absolute Gasteiger partial charge is 0.229 e. The van der Waals surface area contributed by atoms with Gasteiger partial charge in [-0.15, -0.1) is 0 Å². The number of para-hydroxylation sites is 1. The first-order chi connectivity index (χ1) is 14.3. The lowest BCUT2D eigenvalue weighted by atomic mass is 9.75. The highest BCUT2D eigenvalue weighted by Crippen LogP contribution is 2.38. The Morgan fingerprint density at radius 3 is 2.43 bits per heavy atom. The zero-order valence-corrected chi connectivity index (χ0v) is 18.0. The number of hydrogen-bond donors (Lipinski definition) is 2. The molecule has 0 amide bonds. The van der Waals surface area contributed by atoms with E-state index in [4.69, 9.17) is 9.97 Å². The number of aromatic nitrogens is 2. The number of fused-ring (bicyclic) bond motifs is 1. The van der Waals surface area contributed by atoms with Gasteiger partial charge in [-0.3, -0.25) is 4.79 Å². The summed E-state index contributed by atoms with van der Waals surface area (Å²) in [5, 5.41) is 6.74. The summed E-state index contributed by atoms with van der Waals surface area (Å²) in [5.41, 5.74) is 5.58. The van der Waals surface area contributed by atoms with E-state index < -0.39 is 0 Å². The van der Waals surface area contributed by atoms with Crippen LogP contribution < -0.4 is 10.6 Å². The maximum absolute atomic E-state index is 13.0. The van der Waals surface area contributed by atoms with Crippen molar-refractivity contribution in [1.82, 2.24) is 9.97 Å². The molecular weight excluding hydrogens is 372 g/mol.